The molecule has 210 valence electrons. The largest absolute Gasteiger partial charge is 0.481 e. The van der Waals surface area contributed by atoms with Crippen LogP contribution in [-0.2, 0) is 36.8 Å². The van der Waals surface area contributed by atoms with Gasteiger partial charge in [0.15, 0.2) is 0 Å². The molecule has 4 atom stereocenters. The number of carbonyl (C=O) groups is 5. The smallest absolute Gasteiger partial charge is 0.326 e. The SMILES string of the molecule is CC(C)C(N)C(=O)NC(Cc1ccccc1)C(=O)NC(CCC(=O)O)C(=O)NC(Cc1ccccc1)C(=O)O. The molecule has 0 aliphatic rings. The first-order valence-electron chi connectivity index (χ1n) is 12.7. The molecule has 2 aromatic rings. The van der Waals surface area contributed by atoms with Gasteiger partial charge in [0.2, 0.25) is 17.7 Å². The molecule has 11 nitrogen and oxygen atoms in total. The summed E-state index contributed by atoms with van der Waals surface area (Å²) in [4.78, 5) is 62.2. The lowest BCUT2D eigenvalue weighted by molar-refractivity contribution is -0.143. The zero-order valence-electron chi connectivity index (χ0n) is 22.0. The maximum atomic E-state index is 13.3. The number of carboxylic acid groups (broad SMARTS) is 2. The fourth-order valence-electron chi connectivity index (χ4n) is 3.76. The van der Waals surface area contributed by atoms with E-state index in [0.29, 0.717) is 5.56 Å². The number of amides is 3. The third-order valence-electron chi connectivity index (χ3n) is 6.11. The summed E-state index contributed by atoms with van der Waals surface area (Å²) in [5, 5.41) is 26.4. The van der Waals surface area contributed by atoms with E-state index in [-0.39, 0.29) is 25.2 Å². The number of hydrogen-bond acceptors (Lipinski definition) is 6. The number of carboxylic acids is 2. The van der Waals surface area contributed by atoms with Gasteiger partial charge in [-0.05, 0) is 23.5 Å². The summed E-state index contributed by atoms with van der Waals surface area (Å²) >= 11 is 0. The van der Waals surface area contributed by atoms with E-state index in [1.54, 1.807) is 74.5 Å². The molecule has 2 aromatic carbocycles. The number of aliphatic carboxylic acids is 2. The van der Waals surface area contributed by atoms with Gasteiger partial charge in [-0.2, -0.15) is 0 Å². The first-order chi connectivity index (χ1) is 18.5. The maximum Gasteiger partial charge on any atom is 0.326 e. The highest BCUT2D eigenvalue weighted by Gasteiger charge is 2.31. The topological polar surface area (TPSA) is 188 Å². The van der Waals surface area contributed by atoms with Crippen LogP contribution < -0.4 is 21.7 Å². The Hall–Kier alpha value is -4.25. The third kappa shape index (κ3) is 10.6. The molecule has 11 heteroatoms. The van der Waals surface area contributed by atoms with Crippen LogP contribution in [0, 0.1) is 5.92 Å². The number of hydrogen-bond donors (Lipinski definition) is 6. The van der Waals surface area contributed by atoms with Crippen molar-refractivity contribution in [1.29, 1.82) is 0 Å². The fraction of sp³-hybridized carbons (Fsp3) is 0.393. The highest BCUT2D eigenvalue weighted by molar-refractivity contribution is 5.94. The van der Waals surface area contributed by atoms with Crippen LogP contribution in [0.1, 0.15) is 37.8 Å². The quantitative estimate of drug-likeness (QED) is 0.192. The Morgan fingerprint density at radius 3 is 1.59 bits per heavy atom. The van der Waals surface area contributed by atoms with Crippen molar-refractivity contribution in [3.8, 4) is 0 Å². The molecule has 0 saturated heterocycles. The van der Waals surface area contributed by atoms with E-state index in [0.717, 1.165) is 5.56 Å². The third-order valence-corrected chi connectivity index (χ3v) is 6.11. The van der Waals surface area contributed by atoms with Gasteiger partial charge in [-0.1, -0.05) is 74.5 Å². The molecule has 0 spiro atoms. The number of benzene rings is 2. The van der Waals surface area contributed by atoms with Gasteiger partial charge in [0, 0.05) is 19.3 Å². The highest BCUT2D eigenvalue weighted by Crippen LogP contribution is 2.09. The lowest BCUT2D eigenvalue weighted by atomic mass is 10.0. The number of rotatable bonds is 15. The number of nitrogens with one attached hydrogen (secondary N) is 3. The van der Waals surface area contributed by atoms with E-state index in [1.807, 2.05) is 0 Å². The molecule has 0 aromatic heterocycles. The second-order valence-corrected chi connectivity index (χ2v) is 9.60. The summed E-state index contributed by atoms with van der Waals surface area (Å²) in [7, 11) is 0. The maximum absolute atomic E-state index is 13.3. The van der Waals surface area contributed by atoms with E-state index in [1.165, 1.54) is 0 Å². The molecule has 2 rings (SSSR count). The Bertz CT molecular complexity index is 1130. The zero-order valence-corrected chi connectivity index (χ0v) is 22.0. The van der Waals surface area contributed by atoms with Gasteiger partial charge in [-0.15, -0.1) is 0 Å². The van der Waals surface area contributed by atoms with Crippen LogP contribution in [0.5, 0.6) is 0 Å². The normalized spacial score (nSPS) is 13.9. The van der Waals surface area contributed by atoms with Crippen molar-refractivity contribution in [2.45, 2.75) is 63.7 Å². The highest BCUT2D eigenvalue weighted by atomic mass is 16.4. The van der Waals surface area contributed by atoms with Crippen LogP contribution >= 0.6 is 0 Å². The van der Waals surface area contributed by atoms with E-state index >= 15 is 0 Å². The molecule has 0 radical (unpaired) electrons. The van der Waals surface area contributed by atoms with E-state index in [4.69, 9.17) is 10.8 Å². The molecule has 4 unspecified atom stereocenters. The number of carbonyl (C=O) groups excluding carboxylic acids is 3. The van der Waals surface area contributed by atoms with Crippen molar-refractivity contribution in [3.05, 3.63) is 71.8 Å². The predicted molar refractivity (Wildman–Crippen MR) is 143 cm³/mol. The Kier molecular flexibility index (Phi) is 12.1. The summed E-state index contributed by atoms with van der Waals surface area (Å²) in [5.74, 6) is -4.82. The van der Waals surface area contributed by atoms with Crippen molar-refractivity contribution >= 4 is 29.7 Å². The Morgan fingerprint density at radius 2 is 1.13 bits per heavy atom. The van der Waals surface area contributed by atoms with Gasteiger partial charge >= 0.3 is 11.9 Å². The summed E-state index contributed by atoms with van der Waals surface area (Å²) in [6, 6.07) is 12.9. The molecule has 0 fully saturated rings. The molecule has 0 heterocycles. The molecule has 7 N–H and O–H groups in total. The molecule has 0 aliphatic heterocycles. The van der Waals surface area contributed by atoms with Crippen LogP contribution in [0.4, 0.5) is 0 Å². The molecule has 0 bridgehead atoms. The van der Waals surface area contributed by atoms with Crippen LogP contribution in [0.3, 0.4) is 0 Å². The van der Waals surface area contributed by atoms with E-state index in [2.05, 4.69) is 16.0 Å². The average Bonchev–Trinajstić information content (AvgIpc) is 2.90. The van der Waals surface area contributed by atoms with Gasteiger partial charge in [-0.25, -0.2) is 4.79 Å². The molecular weight excluding hydrogens is 504 g/mol. The Morgan fingerprint density at radius 1 is 0.692 bits per heavy atom. The fourth-order valence-corrected chi connectivity index (χ4v) is 3.76. The monoisotopic (exact) mass is 540 g/mol. The van der Waals surface area contributed by atoms with Gasteiger partial charge < -0.3 is 31.9 Å². The van der Waals surface area contributed by atoms with Crippen molar-refractivity contribution in [3.63, 3.8) is 0 Å². The molecule has 0 saturated carbocycles. The lowest BCUT2D eigenvalue weighted by Gasteiger charge is -2.26. The van der Waals surface area contributed by atoms with Crippen molar-refractivity contribution in [2.75, 3.05) is 0 Å². The Balaban J connectivity index is 2.24. The molecule has 39 heavy (non-hydrogen) atoms. The average molecular weight is 541 g/mol. The summed E-state index contributed by atoms with van der Waals surface area (Å²) in [5.41, 5.74) is 7.35. The zero-order chi connectivity index (χ0) is 28.9. The second kappa shape index (κ2) is 15.2. The summed E-state index contributed by atoms with van der Waals surface area (Å²) in [6.45, 7) is 3.52. The summed E-state index contributed by atoms with van der Waals surface area (Å²) < 4.78 is 0. The first-order valence-corrected chi connectivity index (χ1v) is 12.7. The van der Waals surface area contributed by atoms with Crippen LogP contribution in [0.25, 0.3) is 0 Å². The van der Waals surface area contributed by atoms with Gasteiger partial charge in [-0.3, -0.25) is 19.2 Å². The Labute approximate surface area is 227 Å². The minimum absolute atomic E-state index is 0.0126. The van der Waals surface area contributed by atoms with Crippen molar-refractivity contribution in [2.24, 2.45) is 11.7 Å². The molecule has 3 amide bonds. The van der Waals surface area contributed by atoms with Gasteiger partial charge in [0.05, 0.1) is 6.04 Å². The number of nitrogens with two attached hydrogens (primary N) is 1. The summed E-state index contributed by atoms with van der Waals surface area (Å²) in [6.07, 6.45) is -0.672. The second-order valence-electron chi connectivity index (χ2n) is 9.60. The predicted octanol–water partition coefficient (Wildman–Crippen LogP) is 0.859. The van der Waals surface area contributed by atoms with Gasteiger partial charge in [0.1, 0.15) is 18.1 Å². The van der Waals surface area contributed by atoms with Crippen molar-refractivity contribution < 1.29 is 34.2 Å². The minimum Gasteiger partial charge on any atom is -0.481 e. The van der Waals surface area contributed by atoms with E-state index < -0.39 is 60.2 Å². The molecular formula is C28H36N4O7. The van der Waals surface area contributed by atoms with E-state index in [9.17, 15) is 29.1 Å². The van der Waals surface area contributed by atoms with Crippen LogP contribution in [0.15, 0.2) is 60.7 Å². The molecule has 0 aliphatic carbocycles. The standard InChI is InChI=1S/C28H36N4O7/c1-17(2)24(29)27(37)31-21(15-18-9-5-3-6-10-18)26(36)30-20(13-14-23(33)34)25(35)32-22(28(38)39)16-19-11-7-4-8-12-19/h3-12,17,20-22,24H,13-16,29H2,1-2H3,(H,30,36)(H,31,37)(H,32,35)(H,33,34)(H,38,39). The first kappa shape index (κ1) is 31.0. The van der Waals surface area contributed by atoms with Crippen molar-refractivity contribution in [1.82, 2.24) is 16.0 Å². The van der Waals surface area contributed by atoms with Gasteiger partial charge in [0.25, 0.3) is 0 Å². The van der Waals surface area contributed by atoms with Crippen LogP contribution in [0.2, 0.25) is 0 Å². The lowest BCUT2D eigenvalue weighted by Crippen LogP contribution is -2.58. The minimum atomic E-state index is -1.36. The van der Waals surface area contributed by atoms with Crippen LogP contribution in [-0.4, -0.2) is 64.0 Å².